The summed E-state index contributed by atoms with van der Waals surface area (Å²) >= 11 is 0. The highest BCUT2D eigenvalue weighted by atomic mass is 16.5. The molecule has 0 aromatic carbocycles. The van der Waals surface area contributed by atoms with Crippen LogP contribution >= 0.6 is 0 Å². The molecule has 5 nitrogen and oxygen atoms in total. The summed E-state index contributed by atoms with van der Waals surface area (Å²) in [5, 5.41) is 0. The summed E-state index contributed by atoms with van der Waals surface area (Å²) in [6.07, 6.45) is 2.39. The van der Waals surface area contributed by atoms with Gasteiger partial charge in [-0.1, -0.05) is 6.92 Å². The lowest BCUT2D eigenvalue weighted by Crippen LogP contribution is -2.51. The van der Waals surface area contributed by atoms with Crippen molar-refractivity contribution < 1.29 is 9.53 Å². The second kappa shape index (κ2) is 5.35. The highest BCUT2D eigenvalue weighted by Crippen LogP contribution is 2.17. The molecule has 2 heterocycles. The van der Waals surface area contributed by atoms with Crippen molar-refractivity contribution in [3.8, 4) is 0 Å². The van der Waals surface area contributed by atoms with Crippen LogP contribution in [-0.4, -0.2) is 41.1 Å². The van der Waals surface area contributed by atoms with Crippen molar-refractivity contribution in [3.63, 3.8) is 0 Å². The van der Waals surface area contributed by atoms with E-state index in [1.54, 1.807) is 6.07 Å². The van der Waals surface area contributed by atoms with E-state index in [0.29, 0.717) is 18.7 Å². The molecule has 1 aliphatic rings. The maximum atomic E-state index is 12.4. The lowest BCUT2D eigenvalue weighted by atomic mass is 10.1. The van der Waals surface area contributed by atoms with E-state index < -0.39 is 0 Å². The molecule has 98 valence electrons. The Kier molecular flexibility index (Phi) is 3.81. The Morgan fingerprint density at radius 3 is 2.94 bits per heavy atom. The van der Waals surface area contributed by atoms with E-state index in [2.05, 4.69) is 4.98 Å². The van der Waals surface area contributed by atoms with Crippen LogP contribution in [0.15, 0.2) is 23.1 Å². The number of carbonyl (C=O) groups is 1. The summed E-state index contributed by atoms with van der Waals surface area (Å²) in [4.78, 5) is 27.7. The average Bonchev–Trinajstić information content (AvgIpc) is 2.39. The summed E-state index contributed by atoms with van der Waals surface area (Å²) in [6.45, 7) is 5.17. The van der Waals surface area contributed by atoms with Gasteiger partial charge in [-0.3, -0.25) is 9.59 Å². The van der Waals surface area contributed by atoms with E-state index in [1.807, 2.05) is 18.7 Å². The molecule has 2 atom stereocenters. The molecule has 5 heteroatoms. The molecule has 0 spiro atoms. The van der Waals surface area contributed by atoms with Gasteiger partial charge in [-0.2, -0.15) is 0 Å². The molecular formula is C13H18N2O3. The van der Waals surface area contributed by atoms with Gasteiger partial charge in [0, 0.05) is 18.8 Å². The maximum absolute atomic E-state index is 12.4. The second-order valence-electron chi connectivity index (χ2n) is 4.61. The average molecular weight is 250 g/mol. The second-order valence-corrected chi connectivity index (χ2v) is 4.61. The van der Waals surface area contributed by atoms with Crippen molar-refractivity contribution in [2.24, 2.45) is 0 Å². The van der Waals surface area contributed by atoms with Gasteiger partial charge in [0.15, 0.2) is 0 Å². The lowest BCUT2D eigenvalue weighted by Gasteiger charge is -2.38. The van der Waals surface area contributed by atoms with Crippen LogP contribution in [0.5, 0.6) is 0 Å². The minimum atomic E-state index is -0.200. The number of rotatable bonds is 2. The van der Waals surface area contributed by atoms with Gasteiger partial charge in [0.1, 0.15) is 0 Å². The number of hydrogen-bond acceptors (Lipinski definition) is 3. The Morgan fingerprint density at radius 2 is 2.33 bits per heavy atom. The topological polar surface area (TPSA) is 62.4 Å². The summed E-state index contributed by atoms with van der Waals surface area (Å²) in [6, 6.07) is 3.05. The number of morpholine rings is 1. The van der Waals surface area contributed by atoms with E-state index in [1.165, 1.54) is 12.3 Å². The van der Waals surface area contributed by atoms with Crippen LogP contribution in [-0.2, 0) is 4.74 Å². The molecule has 18 heavy (non-hydrogen) atoms. The Hall–Kier alpha value is -1.62. The van der Waals surface area contributed by atoms with Crippen molar-refractivity contribution in [1.82, 2.24) is 9.88 Å². The SMILES string of the molecule is CCC1COC(C)CN1C(=O)c1ccc(=O)[nH]c1. The monoisotopic (exact) mass is 250 g/mol. The number of carbonyl (C=O) groups excluding carboxylic acids is 1. The summed E-state index contributed by atoms with van der Waals surface area (Å²) in [5.41, 5.74) is 0.316. The van der Waals surface area contributed by atoms with E-state index in [-0.39, 0.29) is 23.6 Å². The molecule has 1 aromatic rings. The van der Waals surface area contributed by atoms with Crippen molar-refractivity contribution in [2.75, 3.05) is 13.2 Å². The number of aromatic amines is 1. The molecule has 1 saturated heterocycles. The van der Waals surface area contributed by atoms with Gasteiger partial charge >= 0.3 is 0 Å². The van der Waals surface area contributed by atoms with Crippen LogP contribution < -0.4 is 5.56 Å². The van der Waals surface area contributed by atoms with Gasteiger partial charge < -0.3 is 14.6 Å². The maximum Gasteiger partial charge on any atom is 0.255 e. The van der Waals surface area contributed by atoms with E-state index in [4.69, 9.17) is 4.74 Å². The van der Waals surface area contributed by atoms with Crippen LogP contribution in [0.2, 0.25) is 0 Å². The fourth-order valence-electron chi connectivity index (χ4n) is 2.14. The smallest absolute Gasteiger partial charge is 0.255 e. The van der Waals surface area contributed by atoms with E-state index in [9.17, 15) is 9.59 Å². The minimum Gasteiger partial charge on any atom is -0.375 e. The molecular weight excluding hydrogens is 232 g/mol. The van der Waals surface area contributed by atoms with Gasteiger partial charge in [-0.15, -0.1) is 0 Å². The zero-order chi connectivity index (χ0) is 13.1. The number of hydrogen-bond donors (Lipinski definition) is 1. The number of pyridine rings is 1. The third kappa shape index (κ3) is 2.61. The fourth-order valence-corrected chi connectivity index (χ4v) is 2.14. The third-order valence-electron chi connectivity index (χ3n) is 3.23. The third-order valence-corrected chi connectivity index (χ3v) is 3.23. The standard InChI is InChI=1S/C13H18N2O3/c1-3-11-8-18-9(2)7-15(11)13(17)10-4-5-12(16)14-6-10/h4-6,9,11H,3,7-8H2,1-2H3,(H,14,16). The zero-order valence-electron chi connectivity index (χ0n) is 10.7. The number of nitrogens with zero attached hydrogens (tertiary/aromatic N) is 1. The molecule has 1 aliphatic heterocycles. The first kappa shape index (κ1) is 12.8. The van der Waals surface area contributed by atoms with Crippen molar-refractivity contribution >= 4 is 5.91 Å². The Balaban J connectivity index is 2.20. The molecule has 1 fully saturated rings. The lowest BCUT2D eigenvalue weighted by molar-refractivity contribution is -0.0444. The van der Waals surface area contributed by atoms with E-state index in [0.717, 1.165) is 6.42 Å². The Bertz CT molecular complexity index is 463. The molecule has 2 unspecified atom stereocenters. The van der Waals surface area contributed by atoms with Crippen molar-refractivity contribution in [2.45, 2.75) is 32.4 Å². The molecule has 0 aliphatic carbocycles. The number of H-pyrrole nitrogens is 1. The van der Waals surface area contributed by atoms with Crippen LogP contribution in [0.3, 0.4) is 0 Å². The van der Waals surface area contributed by atoms with Crippen LogP contribution in [0.1, 0.15) is 30.6 Å². The first-order valence-corrected chi connectivity index (χ1v) is 6.23. The molecule has 0 radical (unpaired) electrons. The molecule has 0 bridgehead atoms. The molecule has 1 aromatic heterocycles. The van der Waals surface area contributed by atoms with Crippen LogP contribution in [0.4, 0.5) is 0 Å². The Morgan fingerprint density at radius 1 is 1.56 bits per heavy atom. The molecule has 1 N–H and O–H groups in total. The normalized spacial score (nSPS) is 24.0. The van der Waals surface area contributed by atoms with Gasteiger partial charge in [0.05, 0.1) is 24.3 Å². The van der Waals surface area contributed by atoms with Gasteiger partial charge in [-0.05, 0) is 19.4 Å². The first-order valence-electron chi connectivity index (χ1n) is 6.23. The molecule has 2 rings (SSSR count). The molecule has 1 amide bonds. The number of amides is 1. The summed E-state index contributed by atoms with van der Waals surface area (Å²) in [5.74, 6) is -0.0479. The van der Waals surface area contributed by atoms with Gasteiger partial charge in [0.2, 0.25) is 5.56 Å². The largest absolute Gasteiger partial charge is 0.375 e. The van der Waals surface area contributed by atoms with Crippen LogP contribution in [0.25, 0.3) is 0 Å². The number of aromatic nitrogens is 1. The number of nitrogens with one attached hydrogen (secondary N) is 1. The first-order chi connectivity index (χ1) is 8.61. The van der Waals surface area contributed by atoms with Gasteiger partial charge in [-0.25, -0.2) is 0 Å². The van der Waals surface area contributed by atoms with Crippen LogP contribution in [0, 0.1) is 0 Å². The zero-order valence-corrected chi connectivity index (χ0v) is 10.7. The quantitative estimate of drug-likeness (QED) is 0.852. The van der Waals surface area contributed by atoms with Gasteiger partial charge in [0.25, 0.3) is 5.91 Å². The summed E-state index contributed by atoms with van der Waals surface area (Å²) in [7, 11) is 0. The fraction of sp³-hybridized carbons (Fsp3) is 0.538. The number of ether oxygens (including phenoxy) is 1. The predicted octanol–water partition coefficient (Wildman–Crippen LogP) is 1.01. The molecule has 0 saturated carbocycles. The predicted molar refractivity (Wildman–Crippen MR) is 67.6 cm³/mol. The highest BCUT2D eigenvalue weighted by molar-refractivity contribution is 5.94. The van der Waals surface area contributed by atoms with Crippen molar-refractivity contribution in [1.29, 1.82) is 0 Å². The summed E-state index contributed by atoms with van der Waals surface area (Å²) < 4.78 is 5.57. The Labute approximate surface area is 106 Å². The van der Waals surface area contributed by atoms with Crippen molar-refractivity contribution in [3.05, 3.63) is 34.2 Å². The van der Waals surface area contributed by atoms with E-state index >= 15 is 0 Å². The highest BCUT2D eigenvalue weighted by Gasteiger charge is 2.29. The minimum absolute atomic E-state index is 0.0479.